The molecule has 0 aromatic heterocycles. The summed E-state index contributed by atoms with van der Waals surface area (Å²) in [6.07, 6.45) is 2.25. The van der Waals surface area contributed by atoms with Crippen LogP contribution >= 0.6 is 12.4 Å². The van der Waals surface area contributed by atoms with Crippen molar-refractivity contribution >= 4 is 12.4 Å². The van der Waals surface area contributed by atoms with Crippen LogP contribution in [0.15, 0.2) is 18.2 Å². The van der Waals surface area contributed by atoms with Crippen LogP contribution in [-0.4, -0.2) is 13.7 Å². The number of halogens is 2. The second-order valence-corrected chi connectivity index (χ2v) is 3.54. The van der Waals surface area contributed by atoms with E-state index in [0.717, 1.165) is 24.9 Å². The highest BCUT2D eigenvalue weighted by atomic mass is 35.5. The highest BCUT2D eigenvalue weighted by Gasteiger charge is 2.17. The van der Waals surface area contributed by atoms with E-state index in [1.165, 1.54) is 7.11 Å². The molecule has 0 bridgehead atoms. The summed E-state index contributed by atoms with van der Waals surface area (Å²) in [7, 11) is 1.48. The van der Waals surface area contributed by atoms with Crippen LogP contribution in [0.2, 0.25) is 0 Å². The Kier molecular flexibility index (Phi) is 4.36. The molecule has 1 atom stereocenters. The van der Waals surface area contributed by atoms with Gasteiger partial charge in [-0.1, -0.05) is 6.07 Å². The fraction of sp³-hybridized carbons (Fsp3) is 0.455. The molecule has 2 nitrogen and oxygen atoms in total. The Morgan fingerprint density at radius 1 is 1.47 bits per heavy atom. The summed E-state index contributed by atoms with van der Waals surface area (Å²) in [5.74, 6) is 0.0328. The lowest BCUT2D eigenvalue weighted by atomic mass is 10.1. The lowest BCUT2D eigenvalue weighted by Crippen LogP contribution is -2.12. The SMILES string of the molecule is COc1ccc(C2CCCN2)cc1F.Cl. The first kappa shape index (κ1) is 12.3. The molecule has 1 aliphatic heterocycles. The Balaban J connectivity index is 0.00000112. The maximum Gasteiger partial charge on any atom is 0.165 e. The molecule has 84 valence electrons. The first-order valence-corrected chi connectivity index (χ1v) is 4.88. The Labute approximate surface area is 95.2 Å². The molecular weight excluding hydrogens is 217 g/mol. The lowest BCUT2D eigenvalue weighted by molar-refractivity contribution is 0.385. The van der Waals surface area contributed by atoms with Crippen molar-refractivity contribution in [2.24, 2.45) is 0 Å². The van der Waals surface area contributed by atoms with Gasteiger partial charge in [0, 0.05) is 6.04 Å². The smallest absolute Gasteiger partial charge is 0.165 e. The van der Waals surface area contributed by atoms with Crippen LogP contribution < -0.4 is 10.1 Å². The quantitative estimate of drug-likeness (QED) is 0.845. The zero-order chi connectivity index (χ0) is 9.97. The summed E-state index contributed by atoms with van der Waals surface area (Å²) in [4.78, 5) is 0. The molecule has 1 aromatic rings. The minimum absolute atomic E-state index is 0. The van der Waals surface area contributed by atoms with Crippen LogP contribution in [0.5, 0.6) is 5.75 Å². The van der Waals surface area contributed by atoms with Gasteiger partial charge in [-0.2, -0.15) is 0 Å². The van der Waals surface area contributed by atoms with Gasteiger partial charge in [0.1, 0.15) is 0 Å². The molecular formula is C11H15ClFNO. The summed E-state index contributed by atoms with van der Waals surface area (Å²) in [6.45, 7) is 1.03. The number of methoxy groups -OCH3 is 1. The minimum atomic E-state index is -0.279. The summed E-state index contributed by atoms with van der Waals surface area (Å²) >= 11 is 0. The molecule has 0 radical (unpaired) electrons. The molecule has 1 fully saturated rings. The Morgan fingerprint density at radius 2 is 2.27 bits per heavy atom. The number of ether oxygens (including phenoxy) is 1. The predicted octanol–water partition coefficient (Wildman–Crippen LogP) is 2.68. The van der Waals surface area contributed by atoms with Gasteiger partial charge < -0.3 is 10.1 Å². The molecule has 0 amide bonds. The molecule has 0 spiro atoms. The van der Waals surface area contributed by atoms with Crippen LogP contribution in [-0.2, 0) is 0 Å². The van der Waals surface area contributed by atoms with E-state index in [2.05, 4.69) is 5.32 Å². The summed E-state index contributed by atoms with van der Waals surface area (Å²) in [5, 5.41) is 3.33. The molecule has 1 saturated heterocycles. The number of hydrogen-bond donors (Lipinski definition) is 1. The van der Waals surface area contributed by atoms with E-state index >= 15 is 0 Å². The first-order valence-electron chi connectivity index (χ1n) is 4.88. The average Bonchev–Trinajstić information content (AvgIpc) is 2.70. The van der Waals surface area contributed by atoms with E-state index in [9.17, 15) is 4.39 Å². The number of nitrogens with one attached hydrogen (secondary N) is 1. The van der Waals surface area contributed by atoms with E-state index in [1.807, 2.05) is 6.07 Å². The molecule has 1 N–H and O–H groups in total. The Morgan fingerprint density at radius 3 is 2.80 bits per heavy atom. The minimum Gasteiger partial charge on any atom is -0.494 e. The van der Waals surface area contributed by atoms with Crippen LogP contribution in [0.4, 0.5) is 4.39 Å². The second kappa shape index (κ2) is 5.33. The molecule has 0 saturated carbocycles. The topological polar surface area (TPSA) is 21.3 Å². The molecule has 1 heterocycles. The van der Waals surface area contributed by atoms with Gasteiger partial charge >= 0.3 is 0 Å². The molecule has 0 aliphatic carbocycles. The van der Waals surface area contributed by atoms with Crippen molar-refractivity contribution in [2.75, 3.05) is 13.7 Å². The maximum absolute atomic E-state index is 13.4. The Hall–Kier alpha value is -0.800. The predicted molar refractivity (Wildman–Crippen MR) is 60.2 cm³/mol. The third-order valence-corrected chi connectivity index (χ3v) is 2.64. The van der Waals surface area contributed by atoms with E-state index < -0.39 is 0 Å². The molecule has 15 heavy (non-hydrogen) atoms. The first-order chi connectivity index (χ1) is 6.81. The largest absolute Gasteiger partial charge is 0.494 e. The lowest BCUT2D eigenvalue weighted by Gasteiger charge is -2.11. The fourth-order valence-electron chi connectivity index (χ4n) is 1.87. The van der Waals surface area contributed by atoms with Gasteiger partial charge in [0.25, 0.3) is 0 Å². The maximum atomic E-state index is 13.4. The van der Waals surface area contributed by atoms with Crippen LogP contribution in [0.3, 0.4) is 0 Å². The number of hydrogen-bond acceptors (Lipinski definition) is 2. The van der Waals surface area contributed by atoms with Gasteiger partial charge in [0.2, 0.25) is 0 Å². The van der Waals surface area contributed by atoms with Gasteiger partial charge in [0.15, 0.2) is 11.6 Å². The van der Waals surface area contributed by atoms with Crippen molar-refractivity contribution in [1.82, 2.24) is 5.32 Å². The average molecular weight is 232 g/mol. The third kappa shape index (κ3) is 2.61. The van der Waals surface area contributed by atoms with Crippen molar-refractivity contribution in [1.29, 1.82) is 0 Å². The Bertz CT molecular complexity index is 326. The van der Waals surface area contributed by atoms with E-state index in [1.54, 1.807) is 12.1 Å². The van der Waals surface area contributed by atoms with E-state index in [4.69, 9.17) is 4.74 Å². The van der Waals surface area contributed by atoms with Crippen molar-refractivity contribution < 1.29 is 9.13 Å². The highest BCUT2D eigenvalue weighted by Crippen LogP contribution is 2.26. The van der Waals surface area contributed by atoms with Crippen molar-refractivity contribution in [3.63, 3.8) is 0 Å². The highest BCUT2D eigenvalue weighted by molar-refractivity contribution is 5.85. The molecule has 1 unspecified atom stereocenters. The van der Waals surface area contributed by atoms with Gasteiger partial charge in [-0.05, 0) is 37.1 Å². The molecule has 1 aliphatic rings. The van der Waals surface area contributed by atoms with Gasteiger partial charge in [-0.3, -0.25) is 0 Å². The molecule has 2 rings (SSSR count). The summed E-state index contributed by atoms with van der Waals surface area (Å²) in [5.41, 5.74) is 1.01. The van der Waals surface area contributed by atoms with E-state index in [-0.39, 0.29) is 18.2 Å². The monoisotopic (exact) mass is 231 g/mol. The van der Waals surface area contributed by atoms with Gasteiger partial charge in [-0.15, -0.1) is 12.4 Å². The molecule has 4 heteroatoms. The normalized spacial score (nSPS) is 19.7. The van der Waals surface area contributed by atoms with Crippen LogP contribution in [0.1, 0.15) is 24.4 Å². The van der Waals surface area contributed by atoms with Crippen molar-refractivity contribution in [3.8, 4) is 5.75 Å². The second-order valence-electron chi connectivity index (χ2n) is 3.54. The van der Waals surface area contributed by atoms with Crippen molar-refractivity contribution in [2.45, 2.75) is 18.9 Å². The van der Waals surface area contributed by atoms with Crippen LogP contribution in [0, 0.1) is 5.82 Å². The third-order valence-electron chi connectivity index (χ3n) is 2.64. The number of rotatable bonds is 2. The standard InChI is InChI=1S/C11H14FNO.ClH/c1-14-11-5-4-8(7-9(11)12)10-3-2-6-13-10;/h4-5,7,10,13H,2-3,6H2,1H3;1H. The summed E-state index contributed by atoms with van der Waals surface area (Å²) in [6, 6.07) is 5.48. The van der Waals surface area contributed by atoms with E-state index in [0.29, 0.717) is 11.8 Å². The summed E-state index contributed by atoms with van der Waals surface area (Å²) < 4.78 is 18.2. The zero-order valence-electron chi connectivity index (χ0n) is 8.63. The van der Waals surface area contributed by atoms with Crippen LogP contribution in [0.25, 0.3) is 0 Å². The zero-order valence-corrected chi connectivity index (χ0v) is 9.44. The fourth-order valence-corrected chi connectivity index (χ4v) is 1.87. The van der Waals surface area contributed by atoms with Gasteiger partial charge in [0.05, 0.1) is 7.11 Å². The number of benzene rings is 1. The molecule has 1 aromatic carbocycles. The van der Waals surface area contributed by atoms with Gasteiger partial charge in [-0.25, -0.2) is 4.39 Å². The van der Waals surface area contributed by atoms with Crippen molar-refractivity contribution in [3.05, 3.63) is 29.6 Å².